The van der Waals surface area contributed by atoms with Crippen LogP contribution in [0.25, 0.3) is 0 Å². The SMILES string of the molecule is COc1ccc(NC(=O)c2cc(Cl)ccc2O)c(C)c1. The number of hydrogen-bond donors (Lipinski definition) is 2. The molecule has 1 amide bonds. The number of rotatable bonds is 3. The molecule has 104 valence electrons. The normalized spacial score (nSPS) is 10.2. The molecule has 2 N–H and O–H groups in total. The van der Waals surface area contributed by atoms with Crippen LogP contribution >= 0.6 is 11.6 Å². The molecule has 0 aliphatic carbocycles. The highest BCUT2D eigenvalue weighted by Gasteiger charge is 2.13. The first-order valence-electron chi connectivity index (χ1n) is 5.96. The van der Waals surface area contributed by atoms with Crippen molar-refractivity contribution in [2.75, 3.05) is 12.4 Å². The molecule has 0 fully saturated rings. The van der Waals surface area contributed by atoms with Crippen LogP contribution in [-0.4, -0.2) is 18.1 Å². The summed E-state index contributed by atoms with van der Waals surface area (Å²) in [6.45, 7) is 1.86. The number of carbonyl (C=O) groups is 1. The molecular weight excluding hydrogens is 278 g/mol. The van der Waals surface area contributed by atoms with Crippen molar-refractivity contribution in [1.82, 2.24) is 0 Å². The van der Waals surface area contributed by atoms with E-state index in [1.54, 1.807) is 19.2 Å². The number of phenolic OH excluding ortho intramolecular Hbond substituents is 1. The lowest BCUT2D eigenvalue weighted by Crippen LogP contribution is -2.13. The van der Waals surface area contributed by atoms with Crippen LogP contribution < -0.4 is 10.1 Å². The van der Waals surface area contributed by atoms with Gasteiger partial charge in [-0.3, -0.25) is 4.79 Å². The summed E-state index contributed by atoms with van der Waals surface area (Å²) >= 11 is 5.83. The summed E-state index contributed by atoms with van der Waals surface area (Å²) in [6.07, 6.45) is 0. The first-order valence-corrected chi connectivity index (χ1v) is 6.33. The maximum Gasteiger partial charge on any atom is 0.259 e. The van der Waals surface area contributed by atoms with Crippen LogP contribution in [0.5, 0.6) is 11.5 Å². The van der Waals surface area contributed by atoms with Gasteiger partial charge in [0.05, 0.1) is 12.7 Å². The first-order chi connectivity index (χ1) is 9.51. The van der Waals surface area contributed by atoms with E-state index in [9.17, 15) is 9.90 Å². The number of hydrogen-bond acceptors (Lipinski definition) is 3. The highest BCUT2D eigenvalue weighted by Crippen LogP contribution is 2.25. The van der Waals surface area contributed by atoms with Gasteiger partial charge in [0, 0.05) is 10.7 Å². The van der Waals surface area contributed by atoms with Gasteiger partial charge in [0.15, 0.2) is 0 Å². The predicted octanol–water partition coefficient (Wildman–Crippen LogP) is 3.61. The highest BCUT2D eigenvalue weighted by molar-refractivity contribution is 6.31. The third-order valence-corrected chi connectivity index (χ3v) is 3.12. The Labute approximate surface area is 122 Å². The zero-order valence-corrected chi connectivity index (χ0v) is 11.9. The number of ether oxygens (including phenoxy) is 1. The molecule has 5 heteroatoms. The first kappa shape index (κ1) is 14.2. The molecule has 0 aliphatic rings. The van der Waals surface area contributed by atoms with Gasteiger partial charge in [-0.25, -0.2) is 0 Å². The minimum atomic E-state index is -0.418. The summed E-state index contributed by atoms with van der Waals surface area (Å²) in [5, 5.41) is 12.8. The number of amides is 1. The molecule has 0 atom stereocenters. The van der Waals surface area contributed by atoms with E-state index >= 15 is 0 Å². The summed E-state index contributed by atoms with van der Waals surface area (Å²) < 4.78 is 5.10. The van der Waals surface area contributed by atoms with Gasteiger partial charge < -0.3 is 15.2 Å². The van der Waals surface area contributed by atoms with Crippen LogP contribution in [0.1, 0.15) is 15.9 Å². The number of halogens is 1. The molecule has 0 bridgehead atoms. The molecule has 0 spiro atoms. The lowest BCUT2D eigenvalue weighted by Gasteiger charge is -2.11. The van der Waals surface area contributed by atoms with Crippen LogP contribution in [0.4, 0.5) is 5.69 Å². The topological polar surface area (TPSA) is 58.6 Å². The summed E-state index contributed by atoms with van der Waals surface area (Å²) in [4.78, 5) is 12.1. The van der Waals surface area contributed by atoms with E-state index in [2.05, 4.69) is 5.32 Å². The van der Waals surface area contributed by atoms with Gasteiger partial charge in [0.2, 0.25) is 0 Å². The Kier molecular flexibility index (Phi) is 4.15. The molecule has 0 radical (unpaired) electrons. The zero-order chi connectivity index (χ0) is 14.7. The lowest BCUT2D eigenvalue weighted by atomic mass is 10.1. The van der Waals surface area contributed by atoms with Gasteiger partial charge in [0.1, 0.15) is 11.5 Å². The molecule has 4 nitrogen and oxygen atoms in total. The van der Waals surface area contributed by atoms with Crippen LogP contribution in [0.2, 0.25) is 5.02 Å². The summed E-state index contributed by atoms with van der Waals surface area (Å²) in [5.41, 5.74) is 1.64. The monoisotopic (exact) mass is 291 g/mol. The molecule has 2 rings (SSSR count). The molecule has 2 aromatic carbocycles. The Bertz CT molecular complexity index is 656. The van der Waals surface area contributed by atoms with Crippen molar-refractivity contribution in [3.05, 3.63) is 52.5 Å². The van der Waals surface area contributed by atoms with Crippen molar-refractivity contribution in [2.45, 2.75) is 6.92 Å². The van der Waals surface area contributed by atoms with Crippen molar-refractivity contribution in [3.8, 4) is 11.5 Å². The van der Waals surface area contributed by atoms with Gasteiger partial charge in [-0.1, -0.05) is 11.6 Å². The Morgan fingerprint density at radius 1 is 1.25 bits per heavy atom. The van der Waals surface area contributed by atoms with E-state index < -0.39 is 5.91 Å². The molecule has 0 unspecified atom stereocenters. The van der Waals surface area contributed by atoms with Gasteiger partial charge in [-0.05, 0) is 48.9 Å². The second-order valence-electron chi connectivity index (χ2n) is 4.30. The molecule has 20 heavy (non-hydrogen) atoms. The molecule has 0 aliphatic heterocycles. The summed E-state index contributed by atoms with van der Waals surface area (Å²) in [7, 11) is 1.58. The average Bonchev–Trinajstić information content (AvgIpc) is 2.43. The second-order valence-corrected chi connectivity index (χ2v) is 4.73. The highest BCUT2D eigenvalue weighted by atomic mass is 35.5. The average molecular weight is 292 g/mol. The number of anilines is 1. The third-order valence-electron chi connectivity index (χ3n) is 2.88. The van der Waals surface area contributed by atoms with E-state index in [-0.39, 0.29) is 11.3 Å². The fourth-order valence-electron chi connectivity index (χ4n) is 1.78. The number of benzene rings is 2. The van der Waals surface area contributed by atoms with E-state index in [0.717, 1.165) is 5.56 Å². The van der Waals surface area contributed by atoms with Gasteiger partial charge in [-0.2, -0.15) is 0 Å². The van der Waals surface area contributed by atoms with Crippen molar-refractivity contribution >= 4 is 23.2 Å². The molecule has 2 aromatic rings. The Morgan fingerprint density at radius 3 is 2.65 bits per heavy atom. The van der Waals surface area contributed by atoms with Gasteiger partial charge >= 0.3 is 0 Å². The number of phenols is 1. The smallest absolute Gasteiger partial charge is 0.259 e. The number of nitrogens with one attached hydrogen (secondary N) is 1. The molecular formula is C15H14ClNO3. The summed E-state index contributed by atoms with van der Waals surface area (Å²) in [6, 6.07) is 9.64. The molecule has 0 saturated heterocycles. The van der Waals surface area contributed by atoms with E-state index in [4.69, 9.17) is 16.3 Å². The number of methoxy groups -OCH3 is 1. The zero-order valence-electron chi connectivity index (χ0n) is 11.1. The summed E-state index contributed by atoms with van der Waals surface area (Å²) in [5.74, 6) is 0.183. The number of aromatic hydroxyl groups is 1. The van der Waals surface area contributed by atoms with Crippen LogP contribution in [-0.2, 0) is 0 Å². The van der Waals surface area contributed by atoms with Crippen LogP contribution in [0.3, 0.4) is 0 Å². The quantitative estimate of drug-likeness (QED) is 0.908. The van der Waals surface area contributed by atoms with E-state index in [0.29, 0.717) is 16.5 Å². The maximum atomic E-state index is 12.1. The molecule has 0 heterocycles. The van der Waals surface area contributed by atoms with Crippen molar-refractivity contribution < 1.29 is 14.6 Å². The second kappa shape index (κ2) is 5.84. The number of aryl methyl sites for hydroxylation is 1. The van der Waals surface area contributed by atoms with E-state index in [1.165, 1.54) is 18.2 Å². The minimum Gasteiger partial charge on any atom is -0.507 e. The Morgan fingerprint density at radius 2 is 2.00 bits per heavy atom. The van der Waals surface area contributed by atoms with Crippen LogP contribution in [0, 0.1) is 6.92 Å². The fraction of sp³-hybridized carbons (Fsp3) is 0.133. The van der Waals surface area contributed by atoms with Crippen molar-refractivity contribution in [2.24, 2.45) is 0 Å². The maximum absolute atomic E-state index is 12.1. The lowest BCUT2D eigenvalue weighted by molar-refractivity contribution is 0.102. The van der Waals surface area contributed by atoms with Gasteiger partial charge in [-0.15, -0.1) is 0 Å². The predicted molar refractivity (Wildman–Crippen MR) is 78.8 cm³/mol. The van der Waals surface area contributed by atoms with Gasteiger partial charge in [0.25, 0.3) is 5.91 Å². The third kappa shape index (κ3) is 3.03. The molecule has 0 saturated carbocycles. The van der Waals surface area contributed by atoms with Crippen molar-refractivity contribution in [3.63, 3.8) is 0 Å². The largest absolute Gasteiger partial charge is 0.507 e. The Hall–Kier alpha value is -2.20. The van der Waals surface area contributed by atoms with E-state index in [1.807, 2.05) is 13.0 Å². The minimum absolute atomic E-state index is 0.113. The molecule has 0 aromatic heterocycles. The number of carbonyl (C=O) groups excluding carboxylic acids is 1. The standard InChI is InChI=1S/C15H14ClNO3/c1-9-7-11(20-2)4-5-13(9)17-15(19)12-8-10(16)3-6-14(12)18/h3-8,18H,1-2H3,(H,17,19). The Balaban J connectivity index is 2.25. The van der Waals surface area contributed by atoms with Crippen molar-refractivity contribution in [1.29, 1.82) is 0 Å². The fourth-order valence-corrected chi connectivity index (χ4v) is 1.96. The van der Waals surface area contributed by atoms with Crippen LogP contribution in [0.15, 0.2) is 36.4 Å².